The molecule has 1 aliphatic carbocycles. The zero-order valence-electron chi connectivity index (χ0n) is 9.28. The Morgan fingerprint density at radius 2 is 2.20 bits per heavy atom. The Morgan fingerprint density at radius 1 is 1.40 bits per heavy atom. The summed E-state index contributed by atoms with van der Waals surface area (Å²) in [6, 6.07) is 0.277. The van der Waals surface area contributed by atoms with Crippen LogP contribution in [0.2, 0.25) is 0 Å². The molecule has 1 fully saturated rings. The van der Waals surface area contributed by atoms with Crippen molar-refractivity contribution in [1.82, 2.24) is 9.97 Å². The van der Waals surface area contributed by atoms with E-state index in [1.54, 1.807) is 6.20 Å². The van der Waals surface area contributed by atoms with Crippen LogP contribution < -0.4 is 5.73 Å². The number of hydrogen-bond acceptors (Lipinski definition) is 2. The molecule has 0 bridgehead atoms. The molecule has 0 radical (unpaired) electrons. The maximum Gasteiger partial charge on any atom is 0.107 e. The Bertz CT molecular complexity index is 262. The van der Waals surface area contributed by atoms with Crippen LogP contribution in [0, 0.1) is 5.92 Å². The monoisotopic (exact) mass is 207 g/mol. The minimum Gasteiger partial charge on any atom is -0.349 e. The van der Waals surface area contributed by atoms with E-state index in [-0.39, 0.29) is 6.04 Å². The number of nitrogens with one attached hydrogen (secondary N) is 1. The average Bonchev–Trinajstić information content (AvgIpc) is 2.71. The van der Waals surface area contributed by atoms with Crippen molar-refractivity contribution in [3.8, 4) is 0 Å². The van der Waals surface area contributed by atoms with Gasteiger partial charge in [-0.25, -0.2) is 4.98 Å². The molecule has 1 heterocycles. The van der Waals surface area contributed by atoms with Gasteiger partial charge in [0.2, 0.25) is 0 Å². The Balaban J connectivity index is 1.74. The fourth-order valence-corrected chi connectivity index (χ4v) is 2.59. The molecule has 15 heavy (non-hydrogen) atoms. The first kappa shape index (κ1) is 10.7. The highest BCUT2D eigenvalue weighted by molar-refractivity contribution is 4.90. The van der Waals surface area contributed by atoms with Crippen LogP contribution in [-0.2, 0) is 6.42 Å². The molecule has 0 unspecified atom stereocenters. The number of H-pyrrole nitrogens is 1. The molecule has 0 saturated heterocycles. The second-order valence-electron chi connectivity index (χ2n) is 4.74. The van der Waals surface area contributed by atoms with Crippen molar-refractivity contribution in [2.45, 2.75) is 51.0 Å². The number of nitrogens with two attached hydrogens (primary N) is 1. The van der Waals surface area contributed by atoms with Crippen LogP contribution >= 0.6 is 0 Å². The first-order chi connectivity index (χ1) is 7.34. The van der Waals surface area contributed by atoms with Gasteiger partial charge in [0.25, 0.3) is 0 Å². The highest BCUT2D eigenvalue weighted by atomic mass is 14.9. The Kier molecular flexibility index (Phi) is 3.78. The SMILES string of the molecule is N[C@H](Cc1ncc[nH]1)CC1CCCCC1. The van der Waals surface area contributed by atoms with Gasteiger partial charge in [-0.15, -0.1) is 0 Å². The molecule has 84 valence electrons. The standard InChI is InChI=1S/C12H21N3/c13-11(9-12-14-6-7-15-12)8-10-4-2-1-3-5-10/h6-7,10-11H,1-5,8-9,13H2,(H,14,15)/t11-/m0/s1. The lowest BCUT2D eigenvalue weighted by Gasteiger charge is -2.24. The van der Waals surface area contributed by atoms with Crippen molar-refractivity contribution in [3.63, 3.8) is 0 Å². The third-order valence-electron chi connectivity index (χ3n) is 3.37. The smallest absolute Gasteiger partial charge is 0.107 e. The summed E-state index contributed by atoms with van der Waals surface area (Å²) in [4.78, 5) is 7.33. The summed E-state index contributed by atoms with van der Waals surface area (Å²) < 4.78 is 0. The predicted molar refractivity (Wildman–Crippen MR) is 61.5 cm³/mol. The van der Waals surface area contributed by atoms with Crippen molar-refractivity contribution in [3.05, 3.63) is 18.2 Å². The fraction of sp³-hybridized carbons (Fsp3) is 0.750. The zero-order valence-corrected chi connectivity index (χ0v) is 9.28. The van der Waals surface area contributed by atoms with Gasteiger partial charge in [-0.1, -0.05) is 32.1 Å². The summed E-state index contributed by atoms with van der Waals surface area (Å²) in [5.41, 5.74) is 6.14. The van der Waals surface area contributed by atoms with Crippen molar-refractivity contribution < 1.29 is 0 Å². The normalized spacial score (nSPS) is 20.3. The lowest BCUT2D eigenvalue weighted by Crippen LogP contribution is -2.27. The van der Waals surface area contributed by atoms with Crippen LogP contribution in [0.15, 0.2) is 12.4 Å². The van der Waals surface area contributed by atoms with Gasteiger partial charge < -0.3 is 10.7 Å². The molecule has 0 spiro atoms. The minimum absolute atomic E-state index is 0.277. The van der Waals surface area contributed by atoms with E-state index in [4.69, 9.17) is 5.73 Å². The molecule has 3 heteroatoms. The summed E-state index contributed by atoms with van der Waals surface area (Å²) in [5, 5.41) is 0. The van der Waals surface area contributed by atoms with E-state index in [0.717, 1.165) is 18.2 Å². The number of hydrogen-bond donors (Lipinski definition) is 2. The first-order valence-electron chi connectivity index (χ1n) is 6.08. The van der Waals surface area contributed by atoms with E-state index in [1.165, 1.54) is 38.5 Å². The second-order valence-corrected chi connectivity index (χ2v) is 4.74. The third kappa shape index (κ3) is 3.34. The molecule has 1 aliphatic rings. The largest absolute Gasteiger partial charge is 0.349 e. The van der Waals surface area contributed by atoms with Crippen molar-refractivity contribution >= 4 is 0 Å². The number of aromatic amines is 1. The lowest BCUT2D eigenvalue weighted by atomic mass is 9.84. The van der Waals surface area contributed by atoms with Gasteiger partial charge in [-0.05, 0) is 12.3 Å². The Labute approximate surface area is 91.5 Å². The third-order valence-corrected chi connectivity index (χ3v) is 3.37. The summed E-state index contributed by atoms with van der Waals surface area (Å²) in [6.45, 7) is 0. The van der Waals surface area contributed by atoms with E-state index in [9.17, 15) is 0 Å². The molecule has 0 aromatic carbocycles. The Hall–Kier alpha value is -0.830. The number of imidazole rings is 1. The topological polar surface area (TPSA) is 54.7 Å². The molecule has 1 aromatic heterocycles. The van der Waals surface area contributed by atoms with Crippen LogP contribution in [0.3, 0.4) is 0 Å². The molecular weight excluding hydrogens is 186 g/mol. The highest BCUT2D eigenvalue weighted by Gasteiger charge is 2.17. The number of rotatable bonds is 4. The summed E-state index contributed by atoms with van der Waals surface area (Å²) in [5.74, 6) is 1.89. The average molecular weight is 207 g/mol. The minimum atomic E-state index is 0.277. The fourth-order valence-electron chi connectivity index (χ4n) is 2.59. The van der Waals surface area contributed by atoms with Gasteiger partial charge in [-0.3, -0.25) is 0 Å². The Morgan fingerprint density at radius 3 is 2.87 bits per heavy atom. The van der Waals surface area contributed by atoms with E-state index in [0.29, 0.717) is 0 Å². The first-order valence-corrected chi connectivity index (χ1v) is 6.08. The van der Waals surface area contributed by atoms with Crippen molar-refractivity contribution in [2.24, 2.45) is 11.7 Å². The molecule has 0 amide bonds. The van der Waals surface area contributed by atoms with Crippen LogP contribution in [0.25, 0.3) is 0 Å². The highest BCUT2D eigenvalue weighted by Crippen LogP contribution is 2.27. The van der Waals surface area contributed by atoms with Crippen LogP contribution in [0.1, 0.15) is 44.3 Å². The van der Waals surface area contributed by atoms with Gasteiger partial charge in [0.05, 0.1) is 0 Å². The molecule has 3 N–H and O–H groups in total. The molecule has 1 saturated carbocycles. The molecular formula is C12H21N3. The van der Waals surface area contributed by atoms with Crippen molar-refractivity contribution in [1.29, 1.82) is 0 Å². The maximum absolute atomic E-state index is 6.14. The quantitative estimate of drug-likeness (QED) is 0.795. The number of nitrogens with zero attached hydrogens (tertiary/aromatic N) is 1. The van der Waals surface area contributed by atoms with Gasteiger partial charge in [0.15, 0.2) is 0 Å². The predicted octanol–water partition coefficient (Wildman–Crippen LogP) is 2.25. The summed E-state index contributed by atoms with van der Waals surface area (Å²) in [7, 11) is 0. The van der Waals surface area contributed by atoms with E-state index < -0.39 is 0 Å². The summed E-state index contributed by atoms with van der Waals surface area (Å²) >= 11 is 0. The van der Waals surface area contributed by atoms with Gasteiger partial charge >= 0.3 is 0 Å². The molecule has 0 aliphatic heterocycles. The van der Waals surface area contributed by atoms with Crippen molar-refractivity contribution in [2.75, 3.05) is 0 Å². The van der Waals surface area contributed by atoms with E-state index in [2.05, 4.69) is 9.97 Å². The molecule has 1 atom stereocenters. The van der Waals surface area contributed by atoms with E-state index >= 15 is 0 Å². The zero-order chi connectivity index (χ0) is 10.5. The van der Waals surface area contributed by atoms with Gasteiger partial charge in [0.1, 0.15) is 5.82 Å². The summed E-state index contributed by atoms with van der Waals surface area (Å²) in [6.07, 6.45) is 12.7. The van der Waals surface area contributed by atoms with Gasteiger partial charge in [0, 0.05) is 24.9 Å². The molecule has 1 aromatic rings. The second kappa shape index (κ2) is 5.31. The number of aromatic nitrogens is 2. The maximum atomic E-state index is 6.14. The molecule has 2 rings (SSSR count). The van der Waals surface area contributed by atoms with Crippen LogP contribution in [-0.4, -0.2) is 16.0 Å². The van der Waals surface area contributed by atoms with Crippen LogP contribution in [0.5, 0.6) is 0 Å². The van der Waals surface area contributed by atoms with Gasteiger partial charge in [-0.2, -0.15) is 0 Å². The molecule has 3 nitrogen and oxygen atoms in total. The van der Waals surface area contributed by atoms with Crippen LogP contribution in [0.4, 0.5) is 0 Å². The van der Waals surface area contributed by atoms with E-state index in [1.807, 2.05) is 6.20 Å². The lowest BCUT2D eigenvalue weighted by molar-refractivity contribution is 0.316.